The molecule has 0 spiro atoms. The van der Waals surface area contributed by atoms with E-state index in [0.717, 1.165) is 5.56 Å². The molecule has 0 bridgehead atoms. The van der Waals surface area contributed by atoms with Gasteiger partial charge in [-0.2, -0.15) is 5.10 Å². The molecule has 2 aromatic heterocycles. The van der Waals surface area contributed by atoms with Crippen molar-refractivity contribution in [3.8, 4) is 0 Å². The van der Waals surface area contributed by atoms with E-state index in [1.54, 1.807) is 35.3 Å². The molecule has 6 heteroatoms. The van der Waals surface area contributed by atoms with Crippen molar-refractivity contribution in [3.63, 3.8) is 0 Å². The van der Waals surface area contributed by atoms with Crippen molar-refractivity contribution in [2.24, 2.45) is 13.0 Å². The van der Waals surface area contributed by atoms with Gasteiger partial charge in [-0.25, -0.2) is 0 Å². The van der Waals surface area contributed by atoms with Gasteiger partial charge in [0.15, 0.2) is 0 Å². The maximum absolute atomic E-state index is 12.3. The quantitative estimate of drug-likeness (QED) is 0.880. The molecule has 1 atom stereocenters. The fourth-order valence-electron chi connectivity index (χ4n) is 2.69. The van der Waals surface area contributed by atoms with Gasteiger partial charge in [-0.3, -0.25) is 14.5 Å². The molecule has 0 radical (unpaired) electrons. The van der Waals surface area contributed by atoms with Crippen LogP contribution < -0.4 is 5.32 Å². The number of nitrogens with one attached hydrogen (secondary N) is 1. The highest BCUT2D eigenvalue weighted by molar-refractivity contribution is 5.92. The van der Waals surface area contributed by atoms with E-state index in [1.165, 1.54) is 0 Å². The summed E-state index contributed by atoms with van der Waals surface area (Å²) in [6.07, 6.45) is 6.38. The van der Waals surface area contributed by atoms with E-state index in [0.29, 0.717) is 18.5 Å². The summed E-state index contributed by atoms with van der Waals surface area (Å²) in [5.74, 6) is 0.0303. The van der Waals surface area contributed by atoms with E-state index >= 15 is 0 Å². The fourth-order valence-corrected chi connectivity index (χ4v) is 2.69. The van der Waals surface area contributed by atoms with Crippen LogP contribution in [0.4, 0.5) is 0 Å². The standard InChI is InChI=1S/C15H18N4O2/c1-19-9-11(8-17-19)14(10-6-12(20)7-10)18-15(21)13-4-2-3-5-16-13/h2-5,8-10,12,14,20H,6-7H2,1H3,(H,18,21). The van der Waals surface area contributed by atoms with Crippen LogP contribution in [0.15, 0.2) is 36.8 Å². The zero-order chi connectivity index (χ0) is 14.8. The number of aromatic nitrogens is 3. The second-order valence-electron chi connectivity index (χ2n) is 5.50. The van der Waals surface area contributed by atoms with Gasteiger partial charge in [0.1, 0.15) is 5.69 Å². The van der Waals surface area contributed by atoms with Gasteiger partial charge in [0.25, 0.3) is 5.91 Å². The van der Waals surface area contributed by atoms with Gasteiger partial charge in [-0.05, 0) is 30.9 Å². The predicted octanol–water partition coefficient (Wildman–Crippen LogP) is 1.06. The van der Waals surface area contributed by atoms with Gasteiger partial charge in [-0.15, -0.1) is 0 Å². The Balaban J connectivity index is 1.78. The Labute approximate surface area is 122 Å². The first-order valence-corrected chi connectivity index (χ1v) is 7.02. The lowest BCUT2D eigenvalue weighted by molar-refractivity contribution is 0.0234. The number of rotatable bonds is 4. The van der Waals surface area contributed by atoms with Crippen molar-refractivity contribution >= 4 is 5.91 Å². The lowest BCUT2D eigenvalue weighted by Crippen LogP contribution is -2.41. The molecule has 0 aliphatic heterocycles. The molecule has 0 saturated heterocycles. The van der Waals surface area contributed by atoms with Crippen LogP contribution >= 0.6 is 0 Å². The van der Waals surface area contributed by atoms with Crippen LogP contribution in [0.5, 0.6) is 0 Å². The van der Waals surface area contributed by atoms with Crippen LogP contribution in [0.1, 0.15) is 34.9 Å². The van der Waals surface area contributed by atoms with Crippen LogP contribution in [-0.2, 0) is 7.05 Å². The van der Waals surface area contributed by atoms with Crippen molar-refractivity contribution in [3.05, 3.63) is 48.0 Å². The average Bonchev–Trinajstić information content (AvgIpc) is 2.89. The van der Waals surface area contributed by atoms with E-state index in [4.69, 9.17) is 0 Å². The minimum absolute atomic E-state index is 0.142. The minimum Gasteiger partial charge on any atom is -0.393 e. The highest BCUT2D eigenvalue weighted by atomic mass is 16.3. The van der Waals surface area contributed by atoms with Crippen LogP contribution in [-0.4, -0.2) is 31.9 Å². The topological polar surface area (TPSA) is 80.0 Å². The van der Waals surface area contributed by atoms with Crippen LogP contribution in [0.2, 0.25) is 0 Å². The molecular formula is C15H18N4O2. The Morgan fingerprint density at radius 2 is 2.29 bits per heavy atom. The van der Waals surface area contributed by atoms with Gasteiger partial charge in [0, 0.05) is 25.0 Å². The fraction of sp³-hybridized carbons (Fsp3) is 0.400. The number of hydrogen-bond acceptors (Lipinski definition) is 4. The van der Waals surface area contributed by atoms with Crippen molar-refractivity contribution in [1.29, 1.82) is 0 Å². The summed E-state index contributed by atoms with van der Waals surface area (Å²) in [6, 6.07) is 5.11. The van der Waals surface area contributed by atoms with Crippen molar-refractivity contribution in [1.82, 2.24) is 20.1 Å². The molecule has 6 nitrogen and oxygen atoms in total. The third kappa shape index (κ3) is 2.95. The Morgan fingerprint density at radius 1 is 1.48 bits per heavy atom. The van der Waals surface area contributed by atoms with Crippen molar-refractivity contribution < 1.29 is 9.90 Å². The van der Waals surface area contributed by atoms with E-state index in [-0.39, 0.29) is 24.0 Å². The Kier molecular flexibility index (Phi) is 3.70. The van der Waals surface area contributed by atoms with Gasteiger partial charge in [-0.1, -0.05) is 6.07 Å². The first-order valence-electron chi connectivity index (χ1n) is 7.02. The van der Waals surface area contributed by atoms with Gasteiger partial charge >= 0.3 is 0 Å². The summed E-state index contributed by atoms with van der Waals surface area (Å²) in [5, 5.41) is 16.7. The number of aliphatic hydroxyl groups excluding tert-OH is 1. The third-order valence-corrected chi connectivity index (χ3v) is 3.89. The lowest BCUT2D eigenvalue weighted by Gasteiger charge is -2.37. The summed E-state index contributed by atoms with van der Waals surface area (Å²) in [6.45, 7) is 0. The van der Waals surface area contributed by atoms with E-state index < -0.39 is 0 Å². The van der Waals surface area contributed by atoms with Crippen molar-refractivity contribution in [2.45, 2.75) is 25.0 Å². The zero-order valence-electron chi connectivity index (χ0n) is 11.8. The molecule has 1 aliphatic carbocycles. The van der Waals surface area contributed by atoms with E-state index in [2.05, 4.69) is 15.4 Å². The summed E-state index contributed by atoms with van der Waals surface area (Å²) in [5.41, 5.74) is 1.35. The molecule has 3 rings (SSSR count). The monoisotopic (exact) mass is 286 g/mol. The second kappa shape index (κ2) is 5.65. The number of amides is 1. The Morgan fingerprint density at radius 3 is 2.86 bits per heavy atom. The largest absolute Gasteiger partial charge is 0.393 e. The molecule has 2 N–H and O–H groups in total. The Bertz CT molecular complexity index is 620. The summed E-state index contributed by atoms with van der Waals surface area (Å²) < 4.78 is 1.71. The normalized spacial score (nSPS) is 22.4. The first kappa shape index (κ1) is 13.8. The number of nitrogens with zero attached hydrogens (tertiary/aromatic N) is 3. The number of pyridine rings is 1. The first-order chi connectivity index (χ1) is 10.1. The summed E-state index contributed by atoms with van der Waals surface area (Å²) in [7, 11) is 1.84. The molecule has 1 amide bonds. The number of carbonyl (C=O) groups is 1. The maximum Gasteiger partial charge on any atom is 0.270 e. The van der Waals surface area contributed by atoms with Crippen LogP contribution in [0.3, 0.4) is 0 Å². The average molecular weight is 286 g/mol. The number of hydrogen-bond donors (Lipinski definition) is 2. The van der Waals surface area contributed by atoms with E-state index in [1.807, 2.05) is 13.2 Å². The van der Waals surface area contributed by atoms with Crippen LogP contribution in [0.25, 0.3) is 0 Å². The molecule has 2 aromatic rings. The molecule has 0 aromatic carbocycles. The molecule has 1 aliphatic rings. The third-order valence-electron chi connectivity index (χ3n) is 3.89. The van der Waals surface area contributed by atoms with Gasteiger partial charge in [0.05, 0.1) is 18.3 Å². The molecule has 21 heavy (non-hydrogen) atoms. The smallest absolute Gasteiger partial charge is 0.270 e. The highest BCUT2D eigenvalue weighted by Crippen LogP contribution is 2.38. The van der Waals surface area contributed by atoms with E-state index in [9.17, 15) is 9.90 Å². The Hall–Kier alpha value is -2.21. The van der Waals surface area contributed by atoms with Gasteiger partial charge < -0.3 is 10.4 Å². The molecule has 1 saturated carbocycles. The highest BCUT2D eigenvalue weighted by Gasteiger charge is 2.36. The van der Waals surface area contributed by atoms with Crippen molar-refractivity contribution in [2.75, 3.05) is 0 Å². The molecular weight excluding hydrogens is 268 g/mol. The van der Waals surface area contributed by atoms with Gasteiger partial charge in [0.2, 0.25) is 0 Å². The SMILES string of the molecule is Cn1cc(C(NC(=O)c2ccccn2)C2CC(O)C2)cn1. The molecule has 1 unspecified atom stereocenters. The summed E-state index contributed by atoms with van der Waals surface area (Å²) >= 11 is 0. The predicted molar refractivity (Wildman–Crippen MR) is 76.4 cm³/mol. The van der Waals surface area contributed by atoms with Crippen LogP contribution in [0, 0.1) is 5.92 Å². The summed E-state index contributed by atoms with van der Waals surface area (Å²) in [4.78, 5) is 16.4. The molecule has 2 heterocycles. The number of aryl methyl sites for hydroxylation is 1. The zero-order valence-corrected chi connectivity index (χ0v) is 11.8. The molecule has 110 valence electrons. The number of aliphatic hydroxyl groups is 1. The maximum atomic E-state index is 12.3. The molecule has 1 fully saturated rings. The number of carbonyl (C=O) groups excluding carboxylic acids is 1. The second-order valence-corrected chi connectivity index (χ2v) is 5.50. The lowest BCUT2D eigenvalue weighted by atomic mass is 9.75. The minimum atomic E-state index is -0.263.